The van der Waals surface area contributed by atoms with Crippen LogP contribution in [0.5, 0.6) is 0 Å². The number of piperidine rings is 1. The Morgan fingerprint density at radius 3 is 2.76 bits per heavy atom. The second kappa shape index (κ2) is 10.0. The van der Waals surface area contributed by atoms with Crippen LogP contribution in [0.3, 0.4) is 0 Å². The third-order valence-electron chi connectivity index (χ3n) is 5.61. The third kappa shape index (κ3) is 6.19. The molecule has 7 nitrogen and oxygen atoms in total. The molecule has 174 valence electrons. The first-order valence-electron chi connectivity index (χ1n) is 11.0. The van der Waals surface area contributed by atoms with Crippen LogP contribution in [0.4, 0.5) is 10.8 Å². The Kier molecular flexibility index (Phi) is 7.11. The van der Waals surface area contributed by atoms with E-state index < -0.39 is 15.9 Å². The van der Waals surface area contributed by atoms with E-state index in [0.29, 0.717) is 16.7 Å². The number of nitrogens with one attached hydrogen (secondary N) is 2. The number of nitrogens with zero attached hydrogens (tertiary/aromatic N) is 2. The lowest BCUT2D eigenvalue weighted by molar-refractivity contribution is 0.102. The number of thiazole rings is 1. The van der Waals surface area contributed by atoms with E-state index in [0.717, 1.165) is 30.9 Å². The fourth-order valence-electron chi connectivity index (χ4n) is 3.91. The lowest BCUT2D eigenvalue weighted by Crippen LogP contribution is -2.33. The molecule has 2 heterocycles. The minimum absolute atomic E-state index is 0.0229. The van der Waals surface area contributed by atoms with Gasteiger partial charge in [-0.1, -0.05) is 30.7 Å². The van der Waals surface area contributed by atoms with Crippen molar-refractivity contribution in [1.29, 1.82) is 0 Å². The summed E-state index contributed by atoms with van der Waals surface area (Å²) in [5, 5.41) is 5.26. The van der Waals surface area contributed by atoms with E-state index in [1.54, 1.807) is 24.3 Å². The molecule has 1 aliphatic heterocycles. The summed E-state index contributed by atoms with van der Waals surface area (Å²) < 4.78 is 28.1. The van der Waals surface area contributed by atoms with Crippen molar-refractivity contribution in [3.8, 4) is 0 Å². The van der Waals surface area contributed by atoms with Gasteiger partial charge in [0.05, 0.1) is 10.6 Å². The minimum Gasteiger partial charge on any atom is -0.298 e. The van der Waals surface area contributed by atoms with Crippen LogP contribution in [0.2, 0.25) is 0 Å². The predicted octanol–water partition coefficient (Wildman–Crippen LogP) is 4.74. The van der Waals surface area contributed by atoms with E-state index in [-0.39, 0.29) is 10.5 Å². The summed E-state index contributed by atoms with van der Waals surface area (Å²) in [5.41, 5.74) is 2.69. The molecule has 0 radical (unpaired) electrons. The van der Waals surface area contributed by atoms with Crippen molar-refractivity contribution in [2.45, 2.75) is 38.1 Å². The summed E-state index contributed by atoms with van der Waals surface area (Å²) in [6.07, 6.45) is 2.47. The Morgan fingerprint density at radius 1 is 1.21 bits per heavy atom. The van der Waals surface area contributed by atoms with Gasteiger partial charge in [0, 0.05) is 29.7 Å². The van der Waals surface area contributed by atoms with Crippen molar-refractivity contribution >= 4 is 38.1 Å². The fraction of sp³-hybridized carbons (Fsp3) is 0.333. The number of carbonyl (C=O) groups excluding carboxylic acids is 1. The van der Waals surface area contributed by atoms with Crippen LogP contribution < -0.4 is 10.0 Å². The lowest BCUT2D eigenvalue weighted by Gasteiger charge is -2.30. The zero-order valence-corrected chi connectivity index (χ0v) is 20.4. The number of aromatic nitrogens is 1. The molecule has 0 aliphatic carbocycles. The summed E-state index contributed by atoms with van der Waals surface area (Å²) in [7, 11) is -3.82. The van der Waals surface area contributed by atoms with Gasteiger partial charge in [-0.25, -0.2) is 13.4 Å². The number of aryl methyl sites for hydroxylation is 1. The zero-order valence-electron chi connectivity index (χ0n) is 18.7. The molecular formula is C24H28N4O3S2. The second-order valence-corrected chi connectivity index (χ2v) is 11.1. The lowest BCUT2D eigenvalue weighted by atomic mass is 10.0. The van der Waals surface area contributed by atoms with E-state index in [1.807, 2.05) is 24.4 Å². The summed E-state index contributed by atoms with van der Waals surface area (Å²) >= 11 is 1.37. The number of carbonyl (C=O) groups is 1. The molecule has 0 spiro atoms. The quantitative estimate of drug-likeness (QED) is 0.506. The first-order chi connectivity index (χ1) is 15.8. The predicted molar refractivity (Wildman–Crippen MR) is 132 cm³/mol. The molecule has 1 aromatic heterocycles. The first-order valence-corrected chi connectivity index (χ1v) is 13.3. The standard InChI is InChI=1S/C24H28N4O3S2/c1-17-8-10-20(11-9-17)27-33(30,31)22-7-3-6-19(13-22)23(29)26-24-25-21(16-32-24)15-28-12-4-5-18(2)14-28/h3,6-11,13,16,18,27H,4-5,12,14-15H2,1-2H3,(H,25,26,29). The second-order valence-electron chi connectivity index (χ2n) is 8.58. The Labute approximate surface area is 198 Å². The zero-order chi connectivity index (χ0) is 23.4. The van der Waals surface area contributed by atoms with Gasteiger partial charge >= 0.3 is 0 Å². The van der Waals surface area contributed by atoms with Crippen LogP contribution in [0.15, 0.2) is 58.8 Å². The third-order valence-corrected chi connectivity index (χ3v) is 7.79. The molecule has 1 atom stereocenters. The molecule has 33 heavy (non-hydrogen) atoms. The smallest absolute Gasteiger partial charge is 0.261 e. The van der Waals surface area contributed by atoms with Gasteiger partial charge in [0.15, 0.2) is 5.13 Å². The van der Waals surface area contributed by atoms with Gasteiger partial charge in [-0.15, -0.1) is 11.3 Å². The highest BCUT2D eigenvalue weighted by molar-refractivity contribution is 7.92. The summed E-state index contributed by atoms with van der Waals surface area (Å²) in [5.74, 6) is 0.301. The molecule has 0 bridgehead atoms. The number of sulfonamides is 1. The van der Waals surface area contributed by atoms with Crippen molar-refractivity contribution < 1.29 is 13.2 Å². The number of amides is 1. The number of likely N-dealkylation sites (tertiary alicyclic amines) is 1. The van der Waals surface area contributed by atoms with E-state index in [1.165, 1.54) is 36.3 Å². The van der Waals surface area contributed by atoms with Crippen LogP contribution in [0.1, 0.15) is 41.4 Å². The maximum atomic E-state index is 12.8. The molecule has 2 aromatic carbocycles. The minimum atomic E-state index is -3.82. The average Bonchev–Trinajstić information content (AvgIpc) is 3.22. The molecule has 1 unspecified atom stereocenters. The van der Waals surface area contributed by atoms with Crippen LogP contribution in [0.25, 0.3) is 0 Å². The molecule has 1 amide bonds. The topological polar surface area (TPSA) is 91.4 Å². The van der Waals surface area contributed by atoms with Gasteiger partial charge in [0.2, 0.25) is 0 Å². The highest BCUT2D eigenvalue weighted by atomic mass is 32.2. The number of hydrogen-bond donors (Lipinski definition) is 2. The van der Waals surface area contributed by atoms with Crippen LogP contribution in [-0.2, 0) is 16.6 Å². The summed E-state index contributed by atoms with van der Waals surface area (Å²) in [6, 6.07) is 13.0. The van der Waals surface area contributed by atoms with E-state index in [2.05, 4.69) is 26.8 Å². The Hall–Kier alpha value is -2.75. The Balaban J connectivity index is 1.41. The first kappa shape index (κ1) is 23.4. The summed E-state index contributed by atoms with van der Waals surface area (Å²) in [4.78, 5) is 19.7. The molecule has 1 aliphatic rings. The average molecular weight is 485 g/mol. The summed E-state index contributed by atoms with van der Waals surface area (Å²) in [6.45, 7) is 7.11. The van der Waals surface area contributed by atoms with Crippen molar-refractivity contribution in [2.24, 2.45) is 5.92 Å². The van der Waals surface area contributed by atoms with E-state index in [4.69, 9.17) is 0 Å². The van der Waals surface area contributed by atoms with Gasteiger partial charge in [0.25, 0.3) is 15.9 Å². The molecule has 3 aromatic rings. The SMILES string of the molecule is Cc1ccc(NS(=O)(=O)c2cccc(C(=O)Nc3nc(CN4CCCC(C)C4)cs3)c2)cc1. The largest absolute Gasteiger partial charge is 0.298 e. The van der Waals surface area contributed by atoms with Gasteiger partial charge in [-0.3, -0.25) is 19.7 Å². The number of hydrogen-bond acceptors (Lipinski definition) is 6. The normalized spacial score (nSPS) is 17.0. The van der Waals surface area contributed by atoms with Crippen LogP contribution >= 0.6 is 11.3 Å². The fourth-order valence-corrected chi connectivity index (χ4v) is 5.71. The number of benzene rings is 2. The van der Waals surface area contributed by atoms with Crippen molar-refractivity contribution in [2.75, 3.05) is 23.1 Å². The van der Waals surface area contributed by atoms with E-state index >= 15 is 0 Å². The molecule has 2 N–H and O–H groups in total. The van der Waals surface area contributed by atoms with Gasteiger partial charge in [-0.05, 0) is 62.6 Å². The maximum absolute atomic E-state index is 12.8. The number of rotatable bonds is 7. The van der Waals surface area contributed by atoms with Gasteiger partial charge in [0.1, 0.15) is 0 Å². The van der Waals surface area contributed by atoms with Gasteiger partial charge < -0.3 is 0 Å². The van der Waals surface area contributed by atoms with Crippen LogP contribution in [-0.4, -0.2) is 37.3 Å². The van der Waals surface area contributed by atoms with E-state index in [9.17, 15) is 13.2 Å². The number of anilines is 2. The monoisotopic (exact) mass is 484 g/mol. The van der Waals surface area contributed by atoms with Crippen LogP contribution in [0, 0.1) is 12.8 Å². The van der Waals surface area contributed by atoms with Crippen molar-refractivity contribution in [3.63, 3.8) is 0 Å². The molecular weight excluding hydrogens is 456 g/mol. The Morgan fingerprint density at radius 2 is 2.00 bits per heavy atom. The maximum Gasteiger partial charge on any atom is 0.261 e. The van der Waals surface area contributed by atoms with Crippen molar-refractivity contribution in [1.82, 2.24) is 9.88 Å². The van der Waals surface area contributed by atoms with Crippen molar-refractivity contribution in [3.05, 3.63) is 70.7 Å². The highest BCUT2D eigenvalue weighted by Crippen LogP contribution is 2.22. The molecule has 0 saturated carbocycles. The molecule has 1 saturated heterocycles. The highest BCUT2D eigenvalue weighted by Gasteiger charge is 2.19. The van der Waals surface area contributed by atoms with Gasteiger partial charge in [-0.2, -0.15) is 0 Å². The molecule has 9 heteroatoms. The Bertz CT molecular complexity index is 1220. The molecule has 4 rings (SSSR count). The molecule has 1 fully saturated rings.